The minimum Gasteiger partial charge on any atom is -0.389 e. The first-order valence-electron chi connectivity index (χ1n) is 6.74. The molecule has 110 valence electrons. The summed E-state index contributed by atoms with van der Waals surface area (Å²) in [6, 6.07) is 2.43. The first kappa shape index (κ1) is 15.2. The van der Waals surface area contributed by atoms with Gasteiger partial charge in [0.2, 0.25) is 0 Å². The van der Waals surface area contributed by atoms with Gasteiger partial charge in [0.15, 0.2) is 0 Å². The van der Waals surface area contributed by atoms with Crippen LogP contribution in [0.4, 0.5) is 14.5 Å². The summed E-state index contributed by atoms with van der Waals surface area (Å²) in [5, 5.41) is 0. The smallest absolute Gasteiger partial charge is 0.150 e. The van der Waals surface area contributed by atoms with Crippen LogP contribution in [0.15, 0.2) is 12.1 Å². The first-order valence-corrected chi connectivity index (χ1v) is 7.14. The van der Waals surface area contributed by atoms with Crippen molar-refractivity contribution in [2.24, 2.45) is 17.1 Å². The zero-order chi connectivity index (χ0) is 15.1. The summed E-state index contributed by atoms with van der Waals surface area (Å²) in [6.45, 7) is 7.81. The van der Waals surface area contributed by atoms with E-state index in [-0.39, 0.29) is 21.7 Å². The van der Waals surface area contributed by atoms with Gasteiger partial charge in [0, 0.05) is 18.7 Å². The Morgan fingerprint density at radius 2 is 1.85 bits per heavy atom. The summed E-state index contributed by atoms with van der Waals surface area (Å²) in [6.07, 6.45) is 0.944. The second kappa shape index (κ2) is 5.28. The van der Waals surface area contributed by atoms with Gasteiger partial charge in [0.25, 0.3) is 0 Å². The lowest BCUT2D eigenvalue weighted by Gasteiger charge is -2.27. The minimum absolute atomic E-state index is 0.00309. The molecule has 1 fully saturated rings. The highest BCUT2D eigenvalue weighted by molar-refractivity contribution is 7.80. The van der Waals surface area contributed by atoms with E-state index in [4.69, 9.17) is 18.0 Å². The van der Waals surface area contributed by atoms with Crippen molar-refractivity contribution in [3.63, 3.8) is 0 Å². The van der Waals surface area contributed by atoms with Gasteiger partial charge in [-0.05, 0) is 29.9 Å². The third kappa shape index (κ3) is 2.92. The summed E-state index contributed by atoms with van der Waals surface area (Å²) in [7, 11) is 0. The SMILES string of the molecule is CC(C)(C)C1CCN(c2c(F)cc(C(N)=S)cc2F)C1. The number of benzene rings is 1. The maximum absolute atomic E-state index is 14.1. The maximum atomic E-state index is 14.1. The maximum Gasteiger partial charge on any atom is 0.150 e. The molecule has 1 heterocycles. The van der Waals surface area contributed by atoms with E-state index in [1.807, 2.05) is 0 Å². The van der Waals surface area contributed by atoms with Crippen molar-refractivity contribution < 1.29 is 8.78 Å². The molecule has 1 aliphatic rings. The Morgan fingerprint density at radius 1 is 1.30 bits per heavy atom. The Morgan fingerprint density at radius 3 is 2.25 bits per heavy atom. The average Bonchev–Trinajstić information content (AvgIpc) is 2.76. The van der Waals surface area contributed by atoms with Gasteiger partial charge in [-0.1, -0.05) is 33.0 Å². The fraction of sp³-hybridized carbons (Fsp3) is 0.533. The van der Waals surface area contributed by atoms with Crippen LogP contribution >= 0.6 is 12.2 Å². The van der Waals surface area contributed by atoms with Crippen LogP contribution in [0.1, 0.15) is 32.8 Å². The van der Waals surface area contributed by atoms with Crippen molar-refractivity contribution in [1.82, 2.24) is 0 Å². The lowest BCUT2D eigenvalue weighted by Crippen LogP contribution is -2.27. The van der Waals surface area contributed by atoms with Gasteiger partial charge in [-0.2, -0.15) is 0 Å². The van der Waals surface area contributed by atoms with E-state index < -0.39 is 11.6 Å². The molecule has 0 aliphatic carbocycles. The standard InChI is InChI=1S/C15H20F2N2S/c1-15(2,3)10-4-5-19(8-10)13-11(16)6-9(14(18)20)7-12(13)17/h6-7,10H,4-5,8H2,1-3H3,(H2,18,20). The van der Waals surface area contributed by atoms with Gasteiger partial charge in [0.05, 0.1) is 0 Å². The third-order valence-corrected chi connectivity index (χ3v) is 4.27. The van der Waals surface area contributed by atoms with Gasteiger partial charge in [-0.25, -0.2) is 8.78 Å². The summed E-state index contributed by atoms with van der Waals surface area (Å²) in [5.41, 5.74) is 5.82. The lowest BCUT2D eigenvalue weighted by atomic mass is 9.80. The number of hydrogen-bond donors (Lipinski definition) is 1. The normalized spacial score (nSPS) is 19.4. The van der Waals surface area contributed by atoms with Gasteiger partial charge >= 0.3 is 0 Å². The predicted molar refractivity (Wildman–Crippen MR) is 82.0 cm³/mol. The molecule has 2 N–H and O–H groups in total. The van der Waals surface area contributed by atoms with Crippen LogP contribution in [0.3, 0.4) is 0 Å². The molecule has 20 heavy (non-hydrogen) atoms. The zero-order valence-corrected chi connectivity index (χ0v) is 12.9. The molecule has 5 heteroatoms. The highest BCUT2D eigenvalue weighted by Gasteiger charge is 2.33. The number of nitrogens with two attached hydrogens (primary N) is 1. The van der Waals surface area contributed by atoms with Crippen LogP contribution in [0, 0.1) is 23.0 Å². The molecule has 1 atom stereocenters. The van der Waals surface area contributed by atoms with Crippen molar-refractivity contribution in [3.05, 3.63) is 29.3 Å². The van der Waals surface area contributed by atoms with Crippen molar-refractivity contribution in [1.29, 1.82) is 0 Å². The van der Waals surface area contributed by atoms with Crippen molar-refractivity contribution in [2.45, 2.75) is 27.2 Å². The number of rotatable bonds is 2. The summed E-state index contributed by atoms with van der Waals surface area (Å²) in [5.74, 6) is -0.763. The van der Waals surface area contributed by atoms with Crippen molar-refractivity contribution in [2.75, 3.05) is 18.0 Å². The van der Waals surface area contributed by atoms with Crippen LogP contribution in [0.25, 0.3) is 0 Å². The molecule has 1 aromatic carbocycles. The molecule has 0 bridgehead atoms. The molecule has 1 aliphatic heterocycles. The highest BCUT2D eigenvalue weighted by Crippen LogP contribution is 2.37. The van der Waals surface area contributed by atoms with E-state index in [1.54, 1.807) is 4.90 Å². The molecular weight excluding hydrogens is 278 g/mol. The van der Waals surface area contributed by atoms with Crippen LogP contribution in [-0.4, -0.2) is 18.1 Å². The lowest BCUT2D eigenvalue weighted by molar-refractivity contribution is 0.263. The number of halogens is 2. The van der Waals surface area contributed by atoms with Gasteiger partial charge < -0.3 is 10.6 Å². The van der Waals surface area contributed by atoms with Gasteiger partial charge in [0.1, 0.15) is 22.3 Å². The van der Waals surface area contributed by atoms with E-state index in [0.29, 0.717) is 19.0 Å². The third-order valence-electron chi connectivity index (χ3n) is 4.03. The van der Waals surface area contributed by atoms with Crippen molar-refractivity contribution >= 4 is 22.9 Å². The summed E-state index contributed by atoms with van der Waals surface area (Å²) in [4.78, 5) is 1.78. The summed E-state index contributed by atoms with van der Waals surface area (Å²) < 4.78 is 28.3. The molecule has 1 unspecified atom stereocenters. The molecule has 2 rings (SSSR count). The van der Waals surface area contributed by atoms with E-state index in [9.17, 15) is 8.78 Å². The number of thiocarbonyl (C=S) groups is 1. The quantitative estimate of drug-likeness (QED) is 0.848. The molecule has 0 amide bonds. The minimum atomic E-state index is -0.595. The second-order valence-electron chi connectivity index (χ2n) is 6.45. The summed E-state index contributed by atoms with van der Waals surface area (Å²) >= 11 is 4.76. The molecule has 1 aromatic rings. The fourth-order valence-electron chi connectivity index (χ4n) is 2.68. The first-order chi connectivity index (χ1) is 9.20. The Balaban J connectivity index is 2.29. The number of nitrogens with zero attached hydrogens (tertiary/aromatic N) is 1. The molecule has 1 saturated heterocycles. The van der Waals surface area contributed by atoms with E-state index >= 15 is 0 Å². The molecule has 0 spiro atoms. The van der Waals surface area contributed by atoms with E-state index in [1.165, 1.54) is 12.1 Å². The van der Waals surface area contributed by atoms with Crippen LogP contribution in [-0.2, 0) is 0 Å². The monoisotopic (exact) mass is 298 g/mol. The predicted octanol–water partition coefficient (Wildman–Crippen LogP) is 3.47. The van der Waals surface area contributed by atoms with Crippen molar-refractivity contribution in [3.8, 4) is 0 Å². The topological polar surface area (TPSA) is 29.3 Å². The zero-order valence-electron chi connectivity index (χ0n) is 12.0. The highest BCUT2D eigenvalue weighted by atomic mass is 32.1. The van der Waals surface area contributed by atoms with E-state index in [2.05, 4.69) is 20.8 Å². The molecule has 0 saturated carbocycles. The Hall–Kier alpha value is -1.23. The largest absolute Gasteiger partial charge is 0.389 e. The molecular formula is C15H20F2N2S. The van der Waals surface area contributed by atoms with E-state index in [0.717, 1.165) is 6.42 Å². The molecule has 2 nitrogen and oxygen atoms in total. The Labute approximate surface area is 123 Å². The second-order valence-corrected chi connectivity index (χ2v) is 6.89. The average molecular weight is 298 g/mol. The van der Waals surface area contributed by atoms with Gasteiger partial charge in [-0.15, -0.1) is 0 Å². The number of hydrogen-bond acceptors (Lipinski definition) is 2. The Bertz CT molecular complexity index is 514. The Kier molecular flexibility index (Phi) is 4.00. The van der Waals surface area contributed by atoms with Crippen LogP contribution in [0.2, 0.25) is 0 Å². The number of anilines is 1. The van der Waals surface area contributed by atoms with Gasteiger partial charge in [-0.3, -0.25) is 0 Å². The fourth-order valence-corrected chi connectivity index (χ4v) is 2.80. The molecule has 0 radical (unpaired) electrons. The van der Waals surface area contributed by atoms with Crippen LogP contribution in [0.5, 0.6) is 0 Å². The molecule has 0 aromatic heterocycles. The van der Waals surface area contributed by atoms with Crippen LogP contribution < -0.4 is 10.6 Å².